The molecule has 0 radical (unpaired) electrons. The zero-order chi connectivity index (χ0) is 21.6. The quantitative estimate of drug-likeness (QED) is 0.698. The van der Waals surface area contributed by atoms with E-state index < -0.39 is 10.0 Å². The largest absolute Gasteiger partial charge is 0.494 e. The lowest BCUT2D eigenvalue weighted by Crippen LogP contribution is -2.43. The maximum absolute atomic E-state index is 12.8. The van der Waals surface area contributed by atoms with Gasteiger partial charge in [-0.05, 0) is 49.9 Å². The van der Waals surface area contributed by atoms with Gasteiger partial charge in [0.2, 0.25) is 15.9 Å². The highest BCUT2D eigenvalue weighted by molar-refractivity contribution is 7.88. The fourth-order valence-electron chi connectivity index (χ4n) is 3.75. The average Bonchev–Trinajstić information content (AvgIpc) is 2.72. The Kier molecular flexibility index (Phi) is 7.50. The SMILES string of the molecule is CCOc1cccc(CNC(=O)C2CCN(S(=O)(=O)Cc3cccc(C)c3)CC2)c1. The number of carbonyl (C=O) groups is 1. The van der Waals surface area contributed by atoms with Gasteiger partial charge in [-0.25, -0.2) is 12.7 Å². The summed E-state index contributed by atoms with van der Waals surface area (Å²) < 4.78 is 32.5. The highest BCUT2D eigenvalue weighted by Crippen LogP contribution is 2.22. The van der Waals surface area contributed by atoms with Crippen LogP contribution in [-0.2, 0) is 27.1 Å². The molecule has 2 aromatic rings. The molecule has 30 heavy (non-hydrogen) atoms. The van der Waals surface area contributed by atoms with Crippen LogP contribution < -0.4 is 10.1 Å². The van der Waals surface area contributed by atoms with Gasteiger partial charge in [0.1, 0.15) is 5.75 Å². The van der Waals surface area contributed by atoms with Gasteiger partial charge in [0, 0.05) is 25.6 Å². The van der Waals surface area contributed by atoms with E-state index in [1.807, 2.05) is 62.4 Å². The number of ether oxygens (including phenoxy) is 1. The van der Waals surface area contributed by atoms with Crippen molar-refractivity contribution >= 4 is 15.9 Å². The van der Waals surface area contributed by atoms with E-state index in [0.29, 0.717) is 39.1 Å². The summed E-state index contributed by atoms with van der Waals surface area (Å²) in [7, 11) is -3.38. The predicted octanol–water partition coefficient (Wildman–Crippen LogP) is 3.25. The standard InChI is InChI=1S/C23H30N2O4S/c1-3-29-22-9-5-7-19(15-22)16-24-23(26)21-10-12-25(13-11-21)30(27,28)17-20-8-4-6-18(2)14-20/h4-9,14-15,21H,3,10-13,16-17H2,1-2H3,(H,24,26). The fourth-order valence-corrected chi connectivity index (χ4v) is 5.30. The maximum Gasteiger partial charge on any atom is 0.223 e. The average molecular weight is 431 g/mol. The highest BCUT2D eigenvalue weighted by Gasteiger charge is 2.31. The van der Waals surface area contributed by atoms with E-state index in [4.69, 9.17) is 4.74 Å². The highest BCUT2D eigenvalue weighted by atomic mass is 32.2. The van der Waals surface area contributed by atoms with E-state index in [-0.39, 0.29) is 17.6 Å². The number of rotatable bonds is 8. The molecule has 3 rings (SSSR count). The first-order valence-corrected chi connectivity index (χ1v) is 12.0. The van der Waals surface area contributed by atoms with Crippen molar-refractivity contribution in [2.24, 2.45) is 5.92 Å². The molecule has 0 aliphatic carbocycles. The van der Waals surface area contributed by atoms with E-state index >= 15 is 0 Å². The summed E-state index contributed by atoms with van der Waals surface area (Å²) in [5.41, 5.74) is 2.82. The zero-order valence-electron chi connectivity index (χ0n) is 17.6. The first-order valence-electron chi connectivity index (χ1n) is 10.4. The van der Waals surface area contributed by atoms with Crippen molar-refractivity contribution in [3.63, 3.8) is 0 Å². The summed E-state index contributed by atoms with van der Waals surface area (Å²) in [4.78, 5) is 12.6. The molecule has 0 spiro atoms. The Morgan fingerprint density at radius 3 is 2.50 bits per heavy atom. The molecular formula is C23H30N2O4S. The van der Waals surface area contributed by atoms with Crippen molar-refractivity contribution in [3.8, 4) is 5.75 Å². The summed E-state index contributed by atoms with van der Waals surface area (Å²) in [6, 6.07) is 15.2. The van der Waals surface area contributed by atoms with Crippen molar-refractivity contribution in [2.75, 3.05) is 19.7 Å². The molecule has 1 N–H and O–H groups in total. The van der Waals surface area contributed by atoms with E-state index in [1.165, 1.54) is 4.31 Å². The van der Waals surface area contributed by atoms with Crippen LogP contribution in [-0.4, -0.2) is 38.3 Å². The molecule has 0 saturated carbocycles. The number of nitrogens with zero attached hydrogens (tertiary/aromatic N) is 1. The van der Waals surface area contributed by atoms with Crippen molar-refractivity contribution in [1.29, 1.82) is 0 Å². The van der Waals surface area contributed by atoms with E-state index in [0.717, 1.165) is 22.4 Å². The second-order valence-electron chi connectivity index (χ2n) is 7.72. The normalized spacial score (nSPS) is 15.7. The molecule has 2 aromatic carbocycles. The van der Waals surface area contributed by atoms with Gasteiger partial charge in [0.05, 0.1) is 12.4 Å². The predicted molar refractivity (Wildman–Crippen MR) is 118 cm³/mol. The topological polar surface area (TPSA) is 75.7 Å². The lowest BCUT2D eigenvalue weighted by molar-refractivity contribution is -0.126. The molecule has 1 aliphatic rings. The monoisotopic (exact) mass is 430 g/mol. The minimum Gasteiger partial charge on any atom is -0.494 e. The summed E-state index contributed by atoms with van der Waals surface area (Å²) >= 11 is 0. The lowest BCUT2D eigenvalue weighted by atomic mass is 9.97. The first-order chi connectivity index (χ1) is 14.4. The minimum absolute atomic E-state index is 0.00170. The summed E-state index contributed by atoms with van der Waals surface area (Å²) in [6.07, 6.45) is 1.08. The molecular weight excluding hydrogens is 400 g/mol. The summed E-state index contributed by atoms with van der Waals surface area (Å²) in [5.74, 6) is 0.608. The molecule has 1 aliphatic heterocycles. The number of piperidine rings is 1. The Morgan fingerprint density at radius 2 is 1.80 bits per heavy atom. The second kappa shape index (κ2) is 10.1. The molecule has 0 bridgehead atoms. The third-order valence-corrected chi connectivity index (χ3v) is 7.18. The Hall–Kier alpha value is -2.38. The van der Waals surface area contributed by atoms with Gasteiger partial charge in [-0.2, -0.15) is 0 Å². The molecule has 6 nitrogen and oxygen atoms in total. The van der Waals surface area contributed by atoms with Crippen molar-refractivity contribution in [1.82, 2.24) is 9.62 Å². The molecule has 1 saturated heterocycles. The third kappa shape index (κ3) is 6.06. The van der Waals surface area contributed by atoms with Crippen LogP contribution in [0.25, 0.3) is 0 Å². The van der Waals surface area contributed by atoms with Crippen LogP contribution in [0.3, 0.4) is 0 Å². The first kappa shape index (κ1) is 22.3. The molecule has 0 aromatic heterocycles. The number of benzene rings is 2. The molecule has 1 heterocycles. The summed E-state index contributed by atoms with van der Waals surface area (Å²) in [6.45, 7) is 5.68. The van der Waals surface area contributed by atoms with E-state index in [2.05, 4.69) is 5.32 Å². The van der Waals surface area contributed by atoms with Gasteiger partial charge < -0.3 is 10.1 Å². The molecule has 7 heteroatoms. The van der Waals surface area contributed by atoms with Crippen LogP contribution in [0.5, 0.6) is 5.75 Å². The number of amides is 1. The van der Waals surface area contributed by atoms with E-state index in [1.54, 1.807) is 0 Å². The number of nitrogens with one attached hydrogen (secondary N) is 1. The van der Waals surface area contributed by atoms with Crippen LogP contribution in [0.2, 0.25) is 0 Å². The zero-order valence-corrected chi connectivity index (χ0v) is 18.5. The third-order valence-electron chi connectivity index (χ3n) is 5.33. The van der Waals surface area contributed by atoms with Gasteiger partial charge in [-0.1, -0.05) is 42.0 Å². The Bertz CT molecular complexity index is 967. The van der Waals surface area contributed by atoms with Gasteiger partial charge >= 0.3 is 0 Å². The molecule has 0 atom stereocenters. The fraction of sp³-hybridized carbons (Fsp3) is 0.435. The van der Waals surface area contributed by atoms with Crippen LogP contribution in [0.4, 0.5) is 0 Å². The number of sulfonamides is 1. The second-order valence-corrected chi connectivity index (χ2v) is 9.69. The van der Waals surface area contributed by atoms with E-state index in [9.17, 15) is 13.2 Å². The number of hydrogen-bond acceptors (Lipinski definition) is 4. The molecule has 0 unspecified atom stereocenters. The molecule has 162 valence electrons. The van der Waals surface area contributed by atoms with Gasteiger partial charge in [-0.3, -0.25) is 4.79 Å². The molecule has 1 fully saturated rings. The van der Waals surface area contributed by atoms with Crippen LogP contribution in [0, 0.1) is 12.8 Å². The lowest BCUT2D eigenvalue weighted by Gasteiger charge is -2.30. The maximum atomic E-state index is 12.8. The van der Waals surface area contributed by atoms with Crippen molar-refractivity contribution in [2.45, 2.75) is 39.0 Å². The Labute approximate surface area is 179 Å². The van der Waals surface area contributed by atoms with Gasteiger partial charge in [-0.15, -0.1) is 0 Å². The van der Waals surface area contributed by atoms with Crippen LogP contribution >= 0.6 is 0 Å². The minimum atomic E-state index is -3.38. The van der Waals surface area contributed by atoms with Gasteiger partial charge in [0.15, 0.2) is 0 Å². The Balaban J connectivity index is 1.49. The Morgan fingerprint density at radius 1 is 1.10 bits per heavy atom. The smallest absolute Gasteiger partial charge is 0.223 e. The number of carbonyl (C=O) groups excluding carboxylic acids is 1. The van der Waals surface area contributed by atoms with Crippen molar-refractivity contribution < 1.29 is 17.9 Å². The summed E-state index contributed by atoms with van der Waals surface area (Å²) in [5, 5.41) is 2.98. The van der Waals surface area contributed by atoms with Gasteiger partial charge in [0.25, 0.3) is 0 Å². The number of hydrogen-bond donors (Lipinski definition) is 1. The molecule has 1 amide bonds. The number of aryl methyl sites for hydroxylation is 1. The van der Waals surface area contributed by atoms with Crippen LogP contribution in [0.15, 0.2) is 48.5 Å². The van der Waals surface area contributed by atoms with Crippen molar-refractivity contribution in [3.05, 3.63) is 65.2 Å². The van der Waals surface area contributed by atoms with Crippen LogP contribution in [0.1, 0.15) is 36.5 Å².